The zero-order chi connectivity index (χ0) is 21.0. The summed E-state index contributed by atoms with van der Waals surface area (Å²) in [7, 11) is 0. The van der Waals surface area contributed by atoms with Crippen LogP contribution in [0.3, 0.4) is 0 Å². The van der Waals surface area contributed by atoms with Gasteiger partial charge >= 0.3 is 6.09 Å². The molecule has 0 saturated heterocycles. The van der Waals surface area contributed by atoms with Gasteiger partial charge in [0, 0.05) is 5.56 Å². The van der Waals surface area contributed by atoms with Crippen LogP contribution < -0.4 is 4.90 Å². The maximum Gasteiger partial charge on any atom is 0.421 e. The highest BCUT2D eigenvalue weighted by Crippen LogP contribution is 2.50. The first kappa shape index (κ1) is 19.4. The van der Waals surface area contributed by atoms with Crippen molar-refractivity contribution in [2.45, 2.75) is 31.2 Å². The molecule has 0 spiro atoms. The molecule has 6 heteroatoms. The molecule has 1 aliphatic rings. The molecule has 29 heavy (non-hydrogen) atoms. The van der Waals surface area contributed by atoms with Crippen molar-refractivity contribution in [1.29, 1.82) is 0 Å². The number of ether oxygens (including phenoxy) is 1. The van der Waals surface area contributed by atoms with Crippen LogP contribution in [0.15, 0.2) is 60.7 Å². The third-order valence-electron chi connectivity index (χ3n) is 4.79. The SMILES string of the molecule is CC(C)(C)OC(=O)N1C(=O)C(Cl)(c2ccc3ccccc3c2)c2cc(F)ccc21. The molecule has 1 atom stereocenters. The maximum absolute atomic E-state index is 14.1. The highest BCUT2D eigenvalue weighted by Gasteiger charge is 2.54. The van der Waals surface area contributed by atoms with Crippen LogP contribution >= 0.6 is 11.6 Å². The number of carbonyl (C=O) groups is 2. The first-order valence-corrected chi connectivity index (χ1v) is 9.55. The molecule has 1 aliphatic heterocycles. The summed E-state index contributed by atoms with van der Waals surface area (Å²) in [4.78, 5) is 25.4. The summed E-state index contributed by atoms with van der Waals surface area (Å²) in [5, 5.41) is 1.86. The minimum absolute atomic E-state index is 0.213. The number of fused-ring (bicyclic) bond motifs is 2. The first-order chi connectivity index (χ1) is 13.6. The second-order valence-electron chi connectivity index (χ2n) is 8.00. The number of halogens is 2. The van der Waals surface area contributed by atoms with Crippen LogP contribution in [-0.2, 0) is 14.4 Å². The quantitative estimate of drug-likeness (QED) is 0.479. The number of benzene rings is 3. The molecule has 3 aromatic rings. The van der Waals surface area contributed by atoms with Gasteiger partial charge in [-0.2, -0.15) is 0 Å². The monoisotopic (exact) mass is 411 g/mol. The van der Waals surface area contributed by atoms with Crippen molar-refractivity contribution in [2.75, 3.05) is 4.90 Å². The van der Waals surface area contributed by atoms with Crippen LogP contribution in [0.5, 0.6) is 0 Å². The van der Waals surface area contributed by atoms with E-state index in [1.54, 1.807) is 32.9 Å². The van der Waals surface area contributed by atoms with E-state index in [9.17, 15) is 14.0 Å². The van der Waals surface area contributed by atoms with Crippen molar-refractivity contribution < 1.29 is 18.7 Å². The van der Waals surface area contributed by atoms with Crippen LogP contribution in [0, 0.1) is 5.82 Å². The predicted octanol–water partition coefficient (Wildman–Crippen LogP) is 5.74. The average molecular weight is 412 g/mol. The topological polar surface area (TPSA) is 46.6 Å². The van der Waals surface area contributed by atoms with Gasteiger partial charge in [0.15, 0.2) is 4.87 Å². The van der Waals surface area contributed by atoms with Gasteiger partial charge in [0.2, 0.25) is 0 Å². The van der Waals surface area contributed by atoms with Crippen LogP contribution in [0.4, 0.5) is 14.9 Å². The fourth-order valence-corrected chi connectivity index (χ4v) is 3.88. The molecule has 0 fully saturated rings. The molecule has 0 aromatic heterocycles. The zero-order valence-corrected chi connectivity index (χ0v) is 17.0. The highest BCUT2D eigenvalue weighted by atomic mass is 35.5. The standard InChI is InChI=1S/C23H19ClFNO3/c1-22(2,3)29-21(28)26-19-11-10-17(25)13-18(19)23(24,20(26)27)16-9-8-14-6-4-5-7-15(14)12-16/h4-13H,1-3H3. The maximum atomic E-state index is 14.1. The van der Waals surface area contributed by atoms with Crippen molar-refractivity contribution in [3.05, 3.63) is 77.6 Å². The van der Waals surface area contributed by atoms with E-state index in [4.69, 9.17) is 16.3 Å². The number of amides is 2. The fourth-order valence-electron chi connectivity index (χ4n) is 3.53. The van der Waals surface area contributed by atoms with Crippen molar-refractivity contribution >= 4 is 40.1 Å². The lowest BCUT2D eigenvalue weighted by Gasteiger charge is -2.25. The van der Waals surface area contributed by atoms with Gasteiger partial charge in [-0.25, -0.2) is 14.1 Å². The Labute approximate surface area is 172 Å². The Morgan fingerprint density at radius 1 is 1.03 bits per heavy atom. The number of alkyl halides is 1. The second kappa shape index (κ2) is 6.56. The Bertz CT molecular complexity index is 1150. The van der Waals surface area contributed by atoms with Crippen LogP contribution in [-0.4, -0.2) is 17.6 Å². The van der Waals surface area contributed by atoms with E-state index in [1.807, 2.05) is 30.3 Å². The van der Waals surface area contributed by atoms with Crippen molar-refractivity contribution in [3.63, 3.8) is 0 Å². The van der Waals surface area contributed by atoms with Crippen LogP contribution in [0.1, 0.15) is 31.9 Å². The van der Waals surface area contributed by atoms with E-state index >= 15 is 0 Å². The van der Waals surface area contributed by atoms with Crippen molar-refractivity contribution in [1.82, 2.24) is 0 Å². The molecule has 1 heterocycles. The molecule has 148 valence electrons. The van der Waals surface area contributed by atoms with E-state index in [0.29, 0.717) is 5.56 Å². The number of hydrogen-bond acceptors (Lipinski definition) is 3. The highest BCUT2D eigenvalue weighted by molar-refractivity contribution is 6.44. The lowest BCUT2D eigenvalue weighted by molar-refractivity contribution is -0.119. The van der Waals surface area contributed by atoms with Gasteiger partial charge in [-0.05, 0) is 61.4 Å². The van der Waals surface area contributed by atoms with E-state index in [2.05, 4.69) is 0 Å². The Balaban J connectivity index is 1.90. The predicted molar refractivity (Wildman–Crippen MR) is 111 cm³/mol. The van der Waals surface area contributed by atoms with Crippen LogP contribution in [0.2, 0.25) is 0 Å². The molecule has 3 aromatic carbocycles. The molecule has 2 amide bonds. The minimum atomic E-state index is -1.74. The number of hydrogen-bond donors (Lipinski definition) is 0. The molecular formula is C23H19ClFNO3. The number of anilines is 1. The molecule has 0 aliphatic carbocycles. The van der Waals surface area contributed by atoms with Gasteiger partial charge in [-0.1, -0.05) is 48.0 Å². The summed E-state index contributed by atoms with van der Waals surface area (Å²) < 4.78 is 19.5. The molecular weight excluding hydrogens is 393 g/mol. The molecule has 1 unspecified atom stereocenters. The average Bonchev–Trinajstić information content (AvgIpc) is 2.88. The van der Waals surface area contributed by atoms with Gasteiger partial charge in [0.05, 0.1) is 5.69 Å². The molecule has 4 nitrogen and oxygen atoms in total. The third-order valence-corrected chi connectivity index (χ3v) is 5.38. The van der Waals surface area contributed by atoms with E-state index in [0.717, 1.165) is 15.7 Å². The summed E-state index contributed by atoms with van der Waals surface area (Å²) in [5.74, 6) is -1.24. The van der Waals surface area contributed by atoms with E-state index < -0.39 is 28.3 Å². The lowest BCUT2D eigenvalue weighted by Crippen LogP contribution is -2.43. The zero-order valence-electron chi connectivity index (χ0n) is 16.2. The van der Waals surface area contributed by atoms with Crippen molar-refractivity contribution in [2.24, 2.45) is 0 Å². The largest absolute Gasteiger partial charge is 0.443 e. The fraction of sp³-hybridized carbons (Fsp3) is 0.217. The molecule has 0 N–H and O–H groups in total. The minimum Gasteiger partial charge on any atom is -0.443 e. The number of imide groups is 1. The Morgan fingerprint density at radius 3 is 2.41 bits per heavy atom. The summed E-state index contributed by atoms with van der Waals surface area (Å²) in [5.41, 5.74) is 0.0813. The van der Waals surface area contributed by atoms with Gasteiger partial charge in [-0.3, -0.25) is 4.79 Å². The first-order valence-electron chi connectivity index (χ1n) is 9.17. The van der Waals surface area contributed by atoms with Gasteiger partial charge < -0.3 is 4.74 Å². The molecule has 0 bridgehead atoms. The summed E-state index contributed by atoms with van der Waals surface area (Å²) >= 11 is 6.89. The van der Waals surface area contributed by atoms with Gasteiger partial charge in [0.25, 0.3) is 5.91 Å². The number of rotatable bonds is 1. The van der Waals surface area contributed by atoms with E-state index in [-0.39, 0.29) is 11.3 Å². The summed E-state index contributed by atoms with van der Waals surface area (Å²) in [6.45, 7) is 5.11. The second-order valence-corrected chi connectivity index (χ2v) is 8.57. The summed E-state index contributed by atoms with van der Waals surface area (Å²) in [6.07, 6.45) is -0.848. The molecule has 4 rings (SSSR count). The molecule has 0 radical (unpaired) electrons. The normalized spacial score (nSPS) is 18.8. The third kappa shape index (κ3) is 3.15. The van der Waals surface area contributed by atoms with Crippen LogP contribution in [0.25, 0.3) is 10.8 Å². The van der Waals surface area contributed by atoms with Gasteiger partial charge in [-0.15, -0.1) is 0 Å². The van der Waals surface area contributed by atoms with Gasteiger partial charge in [0.1, 0.15) is 11.4 Å². The molecule has 0 saturated carbocycles. The smallest absolute Gasteiger partial charge is 0.421 e. The Kier molecular flexibility index (Phi) is 4.39. The Hall–Kier alpha value is -2.92. The summed E-state index contributed by atoms with van der Waals surface area (Å²) in [6, 6.07) is 16.7. The van der Waals surface area contributed by atoms with E-state index in [1.165, 1.54) is 18.2 Å². The Morgan fingerprint density at radius 2 is 1.72 bits per heavy atom. The number of carbonyl (C=O) groups excluding carboxylic acids is 2. The lowest BCUT2D eigenvalue weighted by atomic mass is 9.90. The van der Waals surface area contributed by atoms with Crippen molar-refractivity contribution in [3.8, 4) is 0 Å². The number of nitrogens with zero attached hydrogens (tertiary/aromatic N) is 1.